The third-order valence-corrected chi connectivity index (χ3v) is 4.34. The Hall–Kier alpha value is -1.32. The predicted molar refractivity (Wildman–Crippen MR) is 107 cm³/mol. The summed E-state index contributed by atoms with van der Waals surface area (Å²) in [6.45, 7) is 5.17. The van der Waals surface area contributed by atoms with Gasteiger partial charge in [0, 0.05) is 12.2 Å². The number of ether oxygens (including phenoxy) is 2. The van der Waals surface area contributed by atoms with Crippen LogP contribution in [0.1, 0.15) is 104 Å². The molecule has 26 heavy (non-hydrogen) atoms. The second kappa shape index (κ2) is 20.0. The van der Waals surface area contributed by atoms with Crippen LogP contribution in [0.3, 0.4) is 0 Å². The Balaban J connectivity index is 3.37. The highest BCUT2D eigenvalue weighted by Gasteiger charge is 2.01. The van der Waals surface area contributed by atoms with E-state index in [9.17, 15) is 9.59 Å². The first kappa shape index (κ1) is 24.7. The van der Waals surface area contributed by atoms with E-state index in [1.54, 1.807) is 0 Å². The number of unbranched alkanes of at least 4 members (excludes halogenated alkanes) is 12. The molecule has 0 aromatic rings. The Bertz CT molecular complexity index is 363. The quantitative estimate of drug-likeness (QED) is 0.166. The molecular formula is C22H40O4. The fourth-order valence-corrected chi connectivity index (χ4v) is 2.70. The molecule has 0 bridgehead atoms. The molecule has 0 spiro atoms. The molecule has 0 saturated carbocycles. The zero-order chi connectivity index (χ0) is 19.3. The van der Waals surface area contributed by atoms with Crippen LogP contribution in [-0.2, 0) is 19.1 Å². The number of rotatable bonds is 18. The van der Waals surface area contributed by atoms with E-state index in [0.29, 0.717) is 13.2 Å². The predicted octanol–water partition coefficient (Wildman–Crippen LogP) is 6.13. The molecule has 4 heteroatoms. The molecule has 0 aliphatic carbocycles. The molecule has 152 valence electrons. The molecule has 0 aromatic carbocycles. The van der Waals surface area contributed by atoms with Gasteiger partial charge in [-0.15, -0.1) is 0 Å². The van der Waals surface area contributed by atoms with Gasteiger partial charge in [0.25, 0.3) is 0 Å². The topological polar surface area (TPSA) is 52.6 Å². The minimum absolute atomic E-state index is 0.408. The van der Waals surface area contributed by atoms with Gasteiger partial charge < -0.3 is 9.47 Å². The van der Waals surface area contributed by atoms with Crippen LogP contribution in [0.15, 0.2) is 12.2 Å². The van der Waals surface area contributed by atoms with Crippen LogP contribution in [0.25, 0.3) is 0 Å². The zero-order valence-corrected chi connectivity index (χ0v) is 17.1. The number of carbonyl (C=O) groups excluding carboxylic acids is 2. The number of carbonyl (C=O) groups is 2. The Morgan fingerprint density at radius 2 is 0.846 bits per heavy atom. The highest BCUT2D eigenvalue weighted by atomic mass is 16.5. The molecule has 0 amide bonds. The fourth-order valence-electron chi connectivity index (χ4n) is 2.70. The molecule has 0 aromatic heterocycles. The van der Waals surface area contributed by atoms with E-state index < -0.39 is 11.9 Å². The molecule has 0 aliphatic rings. The van der Waals surface area contributed by atoms with E-state index in [2.05, 4.69) is 13.8 Å². The standard InChI is InChI=1S/C22H40O4/c1-3-5-7-8-9-10-11-12-13-14-16-20-26-22(24)18-17-21(23)25-19-15-6-4-2/h17-18H,3-16,19-20H2,1-2H3/b18-17+. The average Bonchev–Trinajstić information content (AvgIpc) is 2.64. The minimum atomic E-state index is -0.479. The first-order valence-corrected chi connectivity index (χ1v) is 10.7. The summed E-state index contributed by atoms with van der Waals surface area (Å²) in [4.78, 5) is 22.9. The van der Waals surface area contributed by atoms with Gasteiger partial charge in [-0.25, -0.2) is 9.59 Å². The smallest absolute Gasteiger partial charge is 0.331 e. The van der Waals surface area contributed by atoms with E-state index >= 15 is 0 Å². The highest BCUT2D eigenvalue weighted by molar-refractivity contribution is 5.91. The summed E-state index contributed by atoms with van der Waals surface area (Å²) < 4.78 is 10.1. The van der Waals surface area contributed by atoms with Crippen molar-refractivity contribution in [1.29, 1.82) is 0 Å². The lowest BCUT2D eigenvalue weighted by atomic mass is 10.1. The van der Waals surface area contributed by atoms with Crippen molar-refractivity contribution in [3.05, 3.63) is 12.2 Å². The Kier molecular flexibility index (Phi) is 19.0. The SMILES string of the molecule is CCCCCCCCCCCCCOC(=O)/C=C/C(=O)OCCCCC. The summed E-state index contributed by atoms with van der Waals surface area (Å²) in [5.74, 6) is -0.949. The molecule has 0 N–H and O–H groups in total. The van der Waals surface area contributed by atoms with Gasteiger partial charge in [0.05, 0.1) is 13.2 Å². The second-order valence-electron chi connectivity index (χ2n) is 6.91. The lowest BCUT2D eigenvalue weighted by Crippen LogP contribution is -2.06. The molecule has 0 aliphatic heterocycles. The lowest BCUT2D eigenvalue weighted by molar-refractivity contribution is -0.140. The van der Waals surface area contributed by atoms with Crippen molar-refractivity contribution >= 4 is 11.9 Å². The third-order valence-electron chi connectivity index (χ3n) is 4.34. The summed E-state index contributed by atoms with van der Waals surface area (Å²) in [5, 5.41) is 0. The van der Waals surface area contributed by atoms with E-state index in [1.807, 2.05) is 0 Å². The molecule has 0 radical (unpaired) electrons. The maximum Gasteiger partial charge on any atom is 0.331 e. The molecule has 0 saturated heterocycles. The minimum Gasteiger partial charge on any atom is -0.463 e. The summed E-state index contributed by atoms with van der Waals surface area (Å²) in [5.41, 5.74) is 0. The van der Waals surface area contributed by atoms with Gasteiger partial charge in [0.2, 0.25) is 0 Å². The lowest BCUT2D eigenvalue weighted by Gasteiger charge is -2.03. The average molecular weight is 369 g/mol. The van der Waals surface area contributed by atoms with Crippen molar-refractivity contribution in [3.8, 4) is 0 Å². The van der Waals surface area contributed by atoms with Crippen molar-refractivity contribution in [3.63, 3.8) is 0 Å². The fraction of sp³-hybridized carbons (Fsp3) is 0.818. The number of hydrogen-bond acceptors (Lipinski definition) is 4. The summed E-state index contributed by atoms with van der Waals surface area (Å²) in [7, 11) is 0. The van der Waals surface area contributed by atoms with Gasteiger partial charge in [-0.05, 0) is 12.8 Å². The monoisotopic (exact) mass is 368 g/mol. The van der Waals surface area contributed by atoms with Gasteiger partial charge in [-0.1, -0.05) is 90.9 Å². The molecule has 0 rings (SSSR count). The molecule has 0 heterocycles. The van der Waals surface area contributed by atoms with Crippen LogP contribution < -0.4 is 0 Å². The maximum absolute atomic E-state index is 11.5. The van der Waals surface area contributed by atoms with E-state index in [1.165, 1.54) is 57.8 Å². The van der Waals surface area contributed by atoms with Gasteiger partial charge >= 0.3 is 11.9 Å². The normalized spacial score (nSPS) is 11.0. The number of esters is 2. The largest absolute Gasteiger partial charge is 0.463 e. The molecule has 4 nitrogen and oxygen atoms in total. The van der Waals surface area contributed by atoms with Crippen molar-refractivity contribution in [2.75, 3.05) is 13.2 Å². The number of hydrogen-bond donors (Lipinski definition) is 0. The Morgan fingerprint density at radius 3 is 1.27 bits per heavy atom. The highest BCUT2D eigenvalue weighted by Crippen LogP contribution is 2.11. The zero-order valence-electron chi connectivity index (χ0n) is 17.1. The van der Waals surface area contributed by atoms with Crippen LogP contribution >= 0.6 is 0 Å². The van der Waals surface area contributed by atoms with Crippen LogP contribution in [-0.4, -0.2) is 25.2 Å². The first-order chi connectivity index (χ1) is 12.7. The van der Waals surface area contributed by atoms with Crippen LogP contribution in [0, 0.1) is 0 Å². The third kappa shape index (κ3) is 19.0. The second-order valence-corrected chi connectivity index (χ2v) is 6.91. The molecule has 0 unspecified atom stereocenters. The maximum atomic E-state index is 11.5. The Labute approximate surface area is 160 Å². The molecule has 0 fully saturated rings. The summed E-state index contributed by atoms with van der Waals surface area (Å²) >= 11 is 0. The molecule has 0 atom stereocenters. The van der Waals surface area contributed by atoms with Gasteiger partial charge in [-0.3, -0.25) is 0 Å². The van der Waals surface area contributed by atoms with Crippen molar-refractivity contribution in [1.82, 2.24) is 0 Å². The summed E-state index contributed by atoms with van der Waals surface area (Å²) in [6.07, 6.45) is 19.2. The van der Waals surface area contributed by atoms with Crippen LogP contribution in [0.2, 0.25) is 0 Å². The van der Waals surface area contributed by atoms with Gasteiger partial charge in [-0.2, -0.15) is 0 Å². The van der Waals surface area contributed by atoms with E-state index in [4.69, 9.17) is 9.47 Å². The summed E-state index contributed by atoms with van der Waals surface area (Å²) in [6, 6.07) is 0. The van der Waals surface area contributed by atoms with Gasteiger partial charge in [0.15, 0.2) is 0 Å². The van der Waals surface area contributed by atoms with Crippen LogP contribution in [0.5, 0.6) is 0 Å². The van der Waals surface area contributed by atoms with Crippen molar-refractivity contribution < 1.29 is 19.1 Å². The first-order valence-electron chi connectivity index (χ1n) is 10.7. The van der Waals surface area contributed by atoms with Crippen molar-refractivity contribution in [2.45, 2.75) is 104 Å². The van der Waals surface area contributed by atoms with E-state index in [0.717, 1.165) is 44.3 Å². The van der Waals surface area contributed by atoms with Gasteiger partial charge in [0.1, 0.15) is 0 Å². The molecular weight excluding hydrogens is 328 g/mol. The Morgan fingerprint density at radius 1 is 0.538 bits per heavy atom. The van der Waals surface area contributed by atoms with E-state index in [-0.39, 0.29) is 0 Å². The van der Waals surface area contributed by atoms with Crippen LogP contribution in [0.4, 0.5) is 0 Å². The van der Waals surface area contributed by atoms with Crippen molar-refractivity contribution in [2.24, 2.45) is 0 Å².